The minimum absolute atomic E-state index is 0.0737. The Balaban J connectivity index is 1.47. The zero-order valence-electron chi connectivity index (χ0n) is 15.9. The van der Waals surface area contributed by atoms with Gasteiger partial charge in [-0.2, -0.15) is 0 Å². The van der Waals surface area contributed by atoms with E-state index in [1.165, 1.54) is 6.07 Å². The first kappa shape index (κ1) is 18.7. The molecule has 28 heavy (non-hydrogen) atoms. The molecule has 1 aliphatic heterocycles. The van der Waals surface area contributed by atoms with E-state index >= 15 is 0 Å². The van der Waals surface area contributed by atoms with Gasteiger partial charge in [0.25, 0.3) is 5.91 Å². The number of aromatic nitrogens is 1. The lowest BCUT2D eigenvalue weighted by Crippen LogP contribution is -2.40. The fraction of sp³-hybridized carbons (Fsp3) is 0.348. The topological polar surface area (TPSA) is 34.5 Å². The van der Waals surface area contributed by atoms with Crippen molar-refractivity contribution < 1.29 is 13.9 Å². The first-order valence-corrected chi connectivity index (χ1v) is 9.92. The monoisotopic (exact) mass is 380 g/mol. The van der Waals surface area contributed by atoms with Gasteiger partial charge in [0.15, 0.2) is 0 Å². The maximum atomic E-state index is 13.8. The quantitative estimate of drug-likeness (QED) is 0.599. The number of hydrogen-bond acceptors (Lipinski definition) is 2. The molecule has 0 spiro atoms. The van der Waals surface area contributed by atoms with Crippen molar-refractivity contribution in [3.8, 4) is 0 Å². The molecule has 4 nitrogen and oxygen atoms in total. The van der Waals surface area contributed by atoms with Crippen molar-refractivity contribution in [2.24, 2.45) is 0 Å². The fourth-order valence-electron chi connectivity index (χ4n) is 3.84. The van der Waals surface area contributed by atoms with Gasteiger partial charge in [-0.1, -0.05) is 36.4 Å². The van der Waals surface area contributed by atoms with Gasteiger partial charge in [-0.15, -0.1) is 0 Å². The molecule has 1 aliphatic rings. The van der Waals surface area contributed by atoms with E-state index < -0.39 is 0 Å². The zero-order chi connectivity index (χ0) is 19.3. The summed E-state index contributed by atoms with van der Waals surface area (Å²) >= 11 is 0. The van der Waals surface area contributed by atoms with Gasteiger partial charge in [0, 0.05) is 36.7 Å². The van der Waals surface area contributed by atoms with Crippen LogP contribution >= 0.6 is 0 Å². The van der Waals surface area contributed by atoms with Gasteiger partial charge >= 0.3 is 0 Å². The Morgan fingerprint density at radius 2 is 1.75 bits per heavy atom. The van der Waals surface area contributed by atoms with Crippen molar-refractivity contribution in [1.82, 2.24) is 9.47 Å². The Hall–Kier alpha value is -2.66. The summed E-state index contributed by atoms with van der Waals surface area (Å²) in [6, 6.07) is 15.0. The van der Waals surface area contributed by atoms with Gasteiger partial charge in [-0.05, 0) is 37.0 Å². The third kappa shape index (κ3) is 3.94. The summed E-state index contributed by atoms with van der Waals surface area (Å²) in [5.41, 5.74) is 2.60. The number of carbonyl (C=O) groups excluding carboxylic acids is 1. The molecule has 1 amide bonds. The molecule has 3 aromatic rings. The molecule has 0 bridgehead atoms. The van der Waals surface area contributed by atoms with Gasteiger partial charge in [0.1, 0.15) is 5.82 Å². The molecule has 0 unspecified atom stereocenters. The molecule has 146 valence electrons. The largest absolute Gasteiger partial charge is 0.378 e. The van der Waals surface area contributed by atoms with E-state index in [9.17, 15) is 9.18 Å². The molecule has 1 fully saturated rings. The van der Waals surface area contributed by atoms with Gasteiger partial charge in [-0.3, -0.25) is 4.79 Å². The summed E-state index contributed by atoms with van der Waals surface area (Å²) in [7, 11) is 0. The first-order chi connectivity index (χ1) is 13.7. The average Bonchev–Trinajstić information content (AvgIpc) is 3.11. The molecule has 0 radical (unpaired) electrons. The van der Waals surface area contributed by atoms with Crippen LogP contribution in [0, 0.1) is 5.82 Å². The minimum Gasteiger partial charge on any atom is -0.378 e. The third-order valence-electron chi connectivity index (χ3n) is 5.37. The fourth-order valence-corrected chi connectivity index (χ4v) is 3.84. The third-order valence-corrected chi connectivity index (χ3v) is 5.37. The van der Waals surface area contributed by atoms with Crippen LogP contribution in [-0.4, -0.2) is 41.7 Å². The highest BCUT2D eigenvalue weighted by Gasteiger charge is 2.22. The molecule has 1 aromatic heterocycles. The van der Waals surface area contributed by atoms with Crippen molar-refractivity contribution in [2.45, 2.75) is 25.8 Å². The normalized spacial score (nSPS) is 14.5. The van der Waals surface area contributed by atoms with Gasteiger partial charge in [0.2, 0.25) is 0 Å². The Morgan fingerprint density at radius 1 is 1.00 bits per heavy atom. The second-order valence-corrected chi connectivity index (χ2v) is 7.21. The van der Waals surface area contributed by atoms with Crippen molar-refractivity contribution in [3.05, 3.63) is 71.7 Å². The van der Waals surface area contributed by atoms with Crippen molar-refractivity contribution >= 4 is 16.8 Å². The standard InChI is InChI=1S/C23H25FN2O2/c24-21-10-3-1-7-18(21)8-5-6-12-26-17-20(19-9-2-4-11-22(19)26)23(27)25-13-15-28-16-14-25/h1-4,7,9-11,17H,5-6,8,12-16H2. The molecule has 0 atom stereocenters. The highest BCUT2D eigenvalue weighted by Crippen LogP contribution is 2.24. The number of rotatable bonds is 6. The number of benzene rings is 2. The van der Waals surface area contributed by atoms with Gasteiger partial charge in [0.05, 0.1) is 18.8 Å². The van der Waals surface area contributed by atoms with E-state index in [4.69, 9.17) is 4.74 Å². The Labute approximate surface area is 164 Å². The number of ether oxygens (including phenoxy) is 1. The summed E-state index contributed by atoms with van der Waals surface area (Å²) in [5.74, 6) is -0.0584. The maximum Gasteiger partial charge on any atom is 0.256 e. The molecule has 0 N–H and O–H groups in total. The minimum atomic E-state index is -0.132. The molecule has 0 saturated carbocycles. The van der Waals surface area contributed by atoms with Crippen molar-refractivity contribution in [3.63, 3.8) is 0 Å². The maximum absolute atomic E-state index is 13.8. The number of para-hydroxylation sites is 1. The number of halogens is 1. The van der Waals surface area contributed by atoms with Crippen LogP contribution in [0.3, 0.4) is 0 Å². The van der Waals surface area contributed by atoms with Crippen LogP contribution < -0.4 is 0 Å². The lowest BCUT2D eigenvalue weighted by atomic mass is 10.1. The van der Waals surface area contributed by atoms with E-state index in [0.29, 0.717) is 26.3 Å². The predicted molar refractivity (Wildman–Crippen MR) is 108 cm³/mol. The number of carbonyl (C=O) groups is 1. The smallest absolute Gasteiger partial charge is 0.256 e. The number of hydrogen-bond donors (Lipinski definition) is 0. The summed E-state index contributed by atoms with van der Waals surface area (Å²) < 4.78 is 21.3. The number of aryl methyl sites for hydroxylation is 2. The highest BCUT2D eigenvalue weighted by molar-refractivity contribution is 6.07. The number of amides is 1. The molecule has 2 aromatic carbocycles. The summed E-state index contributed by atoms with van der Waals surface area (Å²) in [5, 5.41) is 0.994. The van der Waals surface area contributed by atoms with E-state index in [1.54, 1.807) is 6.07 Å². The van der Waals surface area contributed by atoms with E-state index in [-0.39, 0.29) is 11.7 Å². The molecule has 1 saturated heterocycles. The lowest BCUT2D eigenvalue weighted by Gasteiger charge is -2.26. The molecule has 4 rings (SSSR count). The van der Waals surface area contributed by atoms with Crippen LogP contribution in [0.25, 0.3) is 10.9 Å². The average molecular weight is 380 g/mol. The Kier molecular flexibility index (Phi) is 5.72. The lowest BCUT2D eigenvalue weighted by molar-refractivity contribution is 0.0304. The highest BCUT2D eigenvalue weighted by atomic mass is 19.1. The van der Waals surface area contributed by atoms with Crippen LogP contribution in [0.5, 0.6) is 0 Å². The summed E-state index contributed by atoms with van der Waals surface area (Å²) in [4.78, 5) is 14.9. The number of fused-ring (bicyclic) bond motifs is 1. The van der Waals surface area contributed by atoms with Crippen LogP contribution in [0.1, 0.15) is 28.8 Å². The molecule has 5 heteroatoms. The predicted octanol–water partition coefficient (Wildman–Crippen LogP) is 4.28. The second-order valence-electron chi connectivity index (χ2n) is 7.21. The van der Waals surface area contributed by atoms with E-state index in [1.807, 2.05) is 41.4 Å². The Bertz CT molecular complexity index is 960. The molecule has 0 aliphatic carbocycles. The summed E-state index contributed by atoms with van der Waals surface area (Å²) in [6.45, 7) is 3.29. The first-order valence-electron chi connectivity index (χ1n) is 9.92. The van der Waals surface area contributed by atoms with Crippen LogP contribution in [0.15, 0.2) is 54.7 Å². The van der Waals surface area contributed by atoms with E-state index in [2.05, 4.69) is 10.6 Å². The van der Waals surface area contributed by atoms with E-state index in [0.717, 1.165) is 47.8 Å². The number of nitrogens with zero attached hydrogens (tertiary/aromatic N) is 2. The SMILES string of the molecule is O=C(c1cn(CCCCc2ccccc2F)c2ccccc12)N1CCOCC1. The van der Waals surface area contributed by atoms with Crippen molar-refractivity contribution in [2.75, 3.05) is 26.3 Å². The van der Waals surface area contributed by atoms with Crippen LogP contribution in [-0.2, 0) is 17.7 Å². The van der Waals surface area contributed by atoms with Gasteiger partial charge in [-0.25, -0.2) is 4.39 Å². The number of morpholine rings is 1. The second kappa shape index (κ2) is 8.57. The van der Waals surface area contributed by atoms with Crippen LogP contribution in [0.4, 0.5) is 4.39 Å². The zero-order valence-corrected chi connectivity index (χ0v) is 15.9. The van der Waals surface area contributed by atoms with Crippen LogP contribution in [0.2, 0.25) is 0 Å². The Morgan fingerprint density at radius 3 is 2.57 bits per heavy atom. The van der Waals surface area contributed by atoms with Crippen molar-refractivity contribution in [1.29, 1.82) is 0 Å². The molecular weight excluding hydrogens is 355 g/mol. The summed E-state index contributed by atoms with van der Waals surface area (Å²) in [6.07, 6.45) is 4.54. The molecular formula is C23H25FN2O2. The molecule has 2 heterocycles. The number of unbranched alkanes of at least 4 members (excludes halogenated alkanes) is 1. The van der Waals surface area contributed by atoms with Gasteiger partial charge < -0.3 is 14.2 Å².